The summed E-state index contributed by atoms with van der Waals surface area (Å²) in [6.07, 6.45) is 2.62. The number of nitrogens with zero attached hydrogens (tertiary/aromatic N) is 1. The van der Waals surface area contributed by atoms with Gasteiger partial charge in [0.2, 0.25) is 0 Å². The lowest BCUT2D eigenvalue weighted by Crippen LogP contribution is -2.24. The van der Waals surface area contributed by atoms with Gasteiger partial charge in [-0.3, -0.25) is 14.5 Å². The predicted octanol–water partition coefficient (Wildman–Crippen LogP) is 1.01. The smallest absolute Gasteiger partial charge is 0.331 e. The summed E-state index contributed by atoms with van der Waals surface area (Å²) in [5.41, 5.74) is 1.34. The highest BCUT2D eigenvalue weighted by atomic mass is 16.5. The Kier molecular flexibility index (Phi) is 3.33. The van der Waals surface area contributed by atoms with Gasteiger partial charge in [-0.15, -0.1) is 0 Å². The van der Waals surface area contributed by atoms with Gasteiger partial charge in [0.15, 0.2) is 0 Å². The summed E-state index contributed by atoms with van der Waals surface area (Å²) in [7, 11) is 2.72. The Bertz CT molecular complexity index is 592. The van der Waals surface area contributed by atoms with Crippen molar-refractivity contribution in [1.29, 1.82) is 0 Å². The minimum atomic E-state index is -0.486. The third-order valence-corrected chi connectivity index (χ3v) is 2.76. The highest BCUT2D eigenvalue weighted by Gasteiger charge is 2.32. The minimum absolute atomic E-state index is 0.309. The highest BCUT2D eigenvalue weighted by Crippen LogP contribution is 2.24. The number of hydrogen-bond acceptors (Lipinski definition) is 5. The molecule has 2 rings (SSSR count). The van der Waals surface area contributed by atoms with E-state index in [9.17, 15) is 14.4 Å². The van der Waals surface area contributed by atoms with Crippen molar-refractivity contribution in [3.63, 3.8) is 0 Å². The molecule has 0 aliphatic carbocycles. The average Bonchev–Trinajstić information content (AvgIpc) is 2.63. The third kappa shape index (κ3) is 2.33. The summed E-state index contributed by atoms with van der Waals surface area (Å²) in [6.45, 7) is 0. The fraction of sp³-hybridized carbons (Fsp3) is 0.154. The minimum Gasteiger partial charge on any atom is -0.466 e. The van der Waals surface area contributed by atoms with E-state index in [2.05, 4.69) is 10.1 Å². The van der Waals surface area contributed by atoms with Gasteiger partial charge in [0, 0.05) is 25.0 Å². The Morgan fingerprint density at radius 2 is 1.95 bits per heavy atom. The number of rotatable bonds is 3. The highest BCUT2D eigenvalue weighted by molar-refractivity contribution is 6.21. The van der Waals surface area contributed by atoms with Crippen LogP contribution in [-0.4, -0.2) is 36.8 Å². The van der Waals surface area contributed by atoms with Gasteiger partial charge in [-0.25, -0.2) is 4.79 Å². The Labute approximate surface area is 109 Å². The number of ether oxygens (including phenoxy) is 1. The maximum Gasteiger partial charge on any atom is 0.331 e. The largest absolute Gasteiger partial charge is 0.466 e. The monoisotopic (exact) mass is 260 g/mol. The van der Waals surface area contributed by atoms with Crippen molar-refractivity contribution in [2.45, 2.75) is 0 Å². The first-order chi connectivity index (χ1) is 9.04. The van der Waals surface area contributed by atoms with Gasteiger partial charge in [0.05, 0.1) is 18.2 Å². The number of nitrogens with one attached hydrogen (secondary N) is 1. The number of esters is 1. The van der Waals surface area contributed by atoms with Crippen LogP contribution in [0, 0.1) is 0 Å². The van der Waals surface area contributed by atoms with Crippen molar-refractivity contribution in [3.05, 3.63) is 41.6 Å². The molecule has 0 saturated carbocycles. The van der Waals surface area contributed by atoms with Crippen LogP contribution in [0.1, 0.15) is 20.7 Å². The second-order valence-corrected chi connectivity index (χ2v) is 3.93. The van der Waals surface area contributed by atoms with Gasteiger partial charge in [-0.05, 0) is 18.2 Å². The molecule has 98 valence electrons. The number of hydrogen-bond donors (Lipinski definition) is 1. The van der Waals surface area contributed by atoms with Gasteiger partial charge in [0.1, 0.15) is 0 Å². The van der Waals surface area contributed by atoms with Crippen molar-refractivity contribution >= 4 is 23.5 Å². The lowest BCUT2D eigenvalue weighted by Gasteiger charge is -2.03. The maximum atomic E-state index is 11.8. The molecule has 6 heteroatoms. The van der Waals surface area contributed by atoms with E-state index in [1.165, 1.54) is 26.4 Å². The molecule has 19 heavy (non-hydrogen) atoms. The first-order valence-corrected chi connectivity index (χ1v) is 5.52. The molecular formula is C13H12N2O4. The van der Waals surface area contributed by atoms with E-state index in [0.717, 1.165) is 4.90 Å². The zero-order chi connectivity index (χ0) is 14.0. The van der Waals surface area contributed by atoms with Crippen LogP contribution in [0.25, 0.3) is 0 Å². The quantitative estimate of drug-likeness (QED) is 0.498. The summed E-state index contributed by atoms with van der Waals surface area (Å²) in [5, 5.41) is 2.83. The maximum absolute atomic E-state index is 11.8. The number of carbonyl (C=O) groups excluding carboxylic acids is 3. The molecule has 1 heterocycles. The molecule has 0 spiro atoms. The van der Waals surface area contributed by atoms with Crippen molar-refractivity contribution in [3.8, 4) is 0 Å². The van der Waals surface area contributed by atoms with E-state index in [4.69, 9.17) is 0 Å². The lowest BCUT2D eigenvalue weighted by atomic mass is 10.1. The molecule has 0 aromatic heterocycles. The molecule has 0 fully saturated rings. The predicted molar refractivity (Wildman–Crippen MR) is 67.6 cm³/mol. The number of benzene rings is 1. The van der Waals surface area contributed by atoms with Gasteiger partial charge >= 0.3 is 5.97 Å². The van der Waals surface area contributed by atoms with Crippen LogP contribution in [0.5, 0.6) is 0 Å². The second-order valence-electron chi connectivity index (χ2n) is 3.93. The molecule has 1 aromatic rings. The van der Waals surface area contributed by atoms with Crippen LogP contribution >= 0.6 is 0 Å². The van der Waals surface area contributed by atoms with Crippen molar-refractivity contribution in [2.75, 3.05) is 19.5 Å². The van der Waals surface area contributed by atoms with E-state index >= 15 is 0 Å². The van der Waals surface area contributed by atoms with Crippen LogP contribution in [0.3, 0.4) is 0 Å². The summed E-state index contributed by atoms with van der Waals surface area (Å²) in [6, 6.07) is 4.80. The molecular weight excluding hydrogens is 248 g/mol. The molecule has 0 atom stereocenters. The second kappa shape index (κ2) is 4.93. The van der Waals surface area contributed by atoms with Crippen LogP contribution in [0.15, 0.2) is 30.5 Å². The van der Waals surface area contributed by atoms with Gasteiger partial charge in [-0.2, -0.15) is 0 Å². The molecule has 0 unspecified atom stereocenters. The number of imide groups is 1. The summed E-state index contributed by atoms with van der Waals surface area (Å²) in [5.74, 6) is -1.13. The fourth-order valence-corrected chi connectivity index (χ4v) is 1.73. The zero-order valence-corrected chi connectivity index (χ0v) is 10.5. The topological polar surface area (TPSA) is 75.7 Å². The third-order valence-electron chi connectivity index (χ3n) is 2.76. The standard InChI is InChI=1S/C13H12N2O4/c1-15-12(17)9-4-3-8(7-10(9)13(15)18)14-6-5-11(16)19-2/h3-7,14H,1-2H3/b6-5+. The number of fused-ring (bicyclic) bond motifs is 1. The van der Waals surface area contributed by atoms with Crippen LogP contribution in [0.4, 0.5) is 5.69 Å². The fourth-order valence-electron chi connectivity index (χ4n) is 1.73. The molecule has 0 saturated heterocycles. The Morgan fingerprint density at radius 3 is 2.63 bits per heavy atom. The van der Waals surface area contributed by atoms with Crippen LogP contribution < -0.4 is 5.32 Å². The molecule has 1 N–H and O–H groups in total. The summed E-state index contributed by atoms with van der Waals surface area (Å²) >= 11 is 0. The first-order valence-electron chi connectivity index (χ1n) is 5.52. The Morgan fingerprint density at radius 1 is 1.26 bits per heavy atom. The molecule has 0 bridgehead atoms. The van der Waals surface area contributed by atoms with E-state index in [-0.39, 0.29) is 11.8 Å². The normalized spacial score (nSPS) is 13.9. The van der Waals surface area contributed by atoms with Gasteiger partial charge < -0.3 is 10.1 Å². The molecule has 1 aliphatic heterocycles. The lowest BCUT2D eigenvalue weighted by molar-refractivity contribution is -0.134. The van der Waals surface area contributed by atoms with E-state index in [1.54, 1.807) is 18.2 Å². The first kappa shape index (κ1) is 12.8. The zero-order valence-electron chi connectivity index (χ0n) is 10.5. The van der Waals surface area contributed by atoms with E-state index in [0.29, 0.717) is 16.8 Å². The summed E-state index contributed by atoms with van der Waals surface area (Å²) < 4.78 is 4.44. The number of methoxy groups -OCH3 is 1. The van der Waals surface area contributed by atoms with Gasteiger partial charge in [0.25, 0.3) is 11.8 Å². The van der Waals surface area contributed by atoms with Crippen molar-refractivity contribution in [1.82, 2.24) is 4.90 Å². The molecule has 1 aromatic carbocycles. The summed E-state index contributed by atoms with van der Waals surface area (Å²) in [4.78, 5) is 35.4. The molecule has 2 amide bonds. The molecule has 6 nitrogen and oxygen atoms in total. The van der Waals surface area contributed by atoms with E-state index in [1.807, 2.05) is 0 Å². The van der Waals surface area contributed by atoms with Crippen LogP contribution in [0.2, 0.25) is 0 Å². The molecule has 0 radical (unpaired) electrons. The molecule has 1 aliphatic rings. The van der Waals surface area contributed by atoms with Crippen LogP contribution in [-0.2, 0) is 9.53 Å². The number of carbonyl (C=O) groups is 3. The van der Waals surface area contributed by atoms with E-state index < -0.39 is 5.97 Å². The SMILES string of the molecule is COC(=O)/C=C/Nc1ccc2c(c1)C(=O)N(C)C2=O. The van der Waals surface area contributed by atoms with Crippen molar-refractivity contribution in [2.24, 2.45) is 0 Å². The Balaban J connectivity index is 2.19. The Hall–Kier alpha value is -2.63. The average molecular weight is 260 g/mol. The number of anilines is 1. The van der Waals surface area contributed by atoms with Gasteiger partial charge in [-0.1, -0.05) is 0 Å². The van der Waals surface area contributed by atoms with Crippen molar-refractivity contribution < 1.29 is 19.1 Å². The number of amides is 2.